The van der Waals surface area contributed by atoms with Gasteiger partial charge < -0.3 is 10.6 Å². The molecule has 4 N–H and O–H groups in total. The summed E-state index contributed by atoms with van der Waals surface area (Å²) in [6, 6.07) is 10.4. The summed E-state index contributed by atoms with van der Waals surface area (Å²) in [4.78, 5) is 12.1. The zero-order valence-corrected chi connectivity index (χ0v) is 18.3. The minimum atomic E-state index is 0.0912. The van der Waals surface area contributed by atoms with E-state index in [4.69, 9.17) is 4.98 Å². The van der Waals surface area contributed by atoms with Crippen LogP contribution in [0, 0.1) is 17.2 Å². The lowest BCUT2D eigenvalue weighted by Gasteiger charge is -2.40. The second-order valence-electron chi connectivity index (χ2n) is 9.47. The van der Waals surface area contributed by atoms with E-state index in [1.807, 2.05) is 25.3 Å². The topological polar surface area (TPSA) is 101 Å². The van der Waals surface area contributed by atoms with Crippen LogP contribution in [0.3, 0.4) is 0 Å². The number of piperidine rings is 1. The Labute approximate surface area is 183 Å². The van der Waals surface area contributed by atoms with Gasteiger partial charge in [0, 0.05) is 48.4 Å². The van der Waals surface area contributed by atoms with Crippen molar-refractivity contribution in [3.05, 3.63) is 24.4 Å². The van der Waals surface area contributed by atoms with Gasteiger partial charge in [0.25, 0.3) is 0 Å². The zero-order valence-electron chi connectivity index (χ0n) is 18.3. The molecule has 8 nitrogen and oxygen atoms in total. The summed E-state index contributed by atoms with van der Waals surface area (Å²) in [5.74, 6) is 1.84. The summed E-state index contributed by atoms with van der Waals surface area (Å²) in [6.07, 6.45) is 7.64. The number of hydrazine groups is 1. The minimum Gasteiger partial charge on any atom is -0.367 e. The van der Waals surface area contributed by atoms with Crippen molar-refractivity contribution in [1.82, 2.24) is 25.7 Å². The summed E-state index contributed by atoms with van der Waals surface area (Å²) in [6.45, 7) is 5.08. The molecular weight excluding hydrogens is 388 g/mol. The molecule has 31 heavy (non-hydrogen) atoms. The summed E-state index contributed by atoms with van der Waals surface area (Å²) < 4.78 is 0. The Morgan fingerprint density at radius 2 is 2.03 bits per heavy atom. The van der Waals surface area contributed by atoms with E-state index in [1.165, 1.54) is 12.8 Å². The van der Waals surface area contributed by atoms with Crippen LogP contribution in [-0.4, -0.2) is 51.7 Å². The Balaban J connectivity index is 1.34. The van der Waals surface area contributed by atoms with E-state index in [9.17, 15) is 5.26 Å². The van der Waals surface area contributed by atoms with Crippen LogP contribution in [0.1, 0.15) is 46.0 Å². The van der Waals surface area contributed by atoms with Gasteiger partial charge in [-0.25, -0.2) is 10.4 Å². The van der Waals surface area contributed by atoms with E-state index in [2.05, 4.69) is 50.4 Å². The smallest absolute Gasteiger partial charge is 0.138 e. The molecular formula is C23H32N8. The van der Waals surface area contributed by atoms with Gasteiger partial charge in [0.15, 0.2) is 0 Å². The molecule has 6 atom stereocenters. The van der Waals surface area contributed by atoms with Crippen LogP contribution in [0.4, 0.5) is 11.6 Å². The molecule has 164 valence electrons. The van der Waals surface area contributed by atoms with Gasteiger partial charge in [0.05, 0.1) is 23.7 Å². The van der Waals surface area contributed by atoms with Gasteiger partial charge in [-0.05, 0) is 58.1 Å². The van der Waals surface area contributed by atoms with Crippen molar-refractivity contribution in [2.45, 2.75) is 76.3 Å². The van der Waals surface area contributed by atoms with E-state index in [-0.39, 0.29) is 12.1 Å². The third-order valence-corrected chi connectivity index (χ3v) is 6.94. The standard InChI is InChI=1S/C23H32N8/c1-14(12-24)13-31-17-5-6-18(31)10-16(9-17)26-23-19-4-3-7-25-20(19)11-21(28-23)27-22-8-15(2)29-30-22/h3-4,7,11,14-18,22,29-30H,5-6,8-10,13H2,1-2H3,(H2,26,27,28)/t14?,15?,16?,17-,18+,22?. The van der Waals surface area contributed by atoms with Crippen LogP contribution in [0.15, 0.2) is 24.4 Å². The molecule has 0 radical (unpaired) electrons. The second-order valence-corrected chi connectivity index (χ2v) is 9.47. The largest absolute Gasteiger partial charge is 0.367 e. The monoisotopic (exact) mass is 420 g/mol. The number of hydrogen-bond acceptors (Lipinski definition) is 8. The van der Waals surface area contributed by atoms with Gasteiger partial charge in [0.2, 0.25) is 0 Å². The fourth-order valence-electron chi connectivity index (χ4n) is 5.49. The van der Waals surface area contributed by atoms with E-state index in [1.54, 1.807) is 0 Å². The molecule has 0 spiro atoms. The third-order valence-electron chi connectivity index (χ3n) is 6.94. The van der Waals surface area contributed by atoms with Crippen LogP contribution in [0.5, 0.6) is 0 Å². The average Bonchev–Trinajstić information content (AvgIpc) is 3.26. The van der Waals surface area contributed by atoms with Gasteiger partial charge in [-0.1, -0.05) is 0 Å². The molecule has 4 unspecified atom stereocenters. The van der Waals surface area contributed by atoms with Crippen LogP contribution in [0.2, 0.25) is 0 Å². The highest BCUT2D eigenvalue weighted by molar-refractivity contribution is 5.91. The van der Waals surface area contributed by atoms with Gasteiger partial charge >= 0.3 is 0 Å². The number of rotatable bonds is 6. The SMILES string of the molecule is CC(C#N)CN1[C@@H]2CC[C@H]1CC(Nc1nc(NC3CC(C)NN3)cc3ncccc13)C2. The highest BCUT2D eigenvalue weighted by atomic mass is 15.5. The molecule has 2 bridgehead atoms. The van der Waals surface area contributed by atoms with Crippen molar-refractivity contribution in [2.75, 3.05) is 17.2 Å². The van der Waals surface area contributed by atoms with E-state index >= 15 is 0 Å². The summed E-state index contributed by atoms with van der Waals surface area (Å²) in [5.41, 5.74) is 7.48. The van der Waals surface area contributed by atoms with Gasteiger partial charge in [-0.15, -0.1) is 0 Å². The molecule has 0 aromatic carbocycles. The number of fused-ring (bicyclic) bond motifs is 3. The summed E-state index contributed by atoms with van der Waals surface area (Å²) in [7, 11) is 0. The highest BCUT2D eigenvalue weighted by Gasteiger charge is 2.41. The number of nitriles is 1. The van der Waals surface area contributed by atoms with Crippen molar-refractivity contribution in [1.29, 1.82) is 5.26 Å². The molecule has 5 heterocycles. The first-order valence-corrected chi connectivity index (χ1v) is 11.5. The first-order valence-electron chi connectivity index (χ1n) is 11.5. The first-order chi connectivity index (χ1) is 15.1. The number of aromatic nitrogens is 2. The lowest BCUT2D eigenvalue weighted by molar-refractivity contribution is 0.123. The highest BCUT2D eigenvalue weighted by Crippen LogP contribution is 2.38. The predicted octanol–water partition coefficient (Wildman–Crippen LogP) is 2.82. The Bertz CT molecular complexity index is 958. The van der Waals surface area contributed by atoms with Crippen LogP contribution < -0.4 is 21.5 Å². The maximum atomic E-state index is 9.23. The fourth-order valence-corrected chi connectivity index (χ4v) is 5.49. The molecule has 0 saturated carbocycles. The Kier molecular flexibility index (Phi) is 5.65. The molecule has 2 aromatic rings. The maximum absolute atomic E-state index is 9.23. The fraction of sp³-hybridized carbons (Fsp3) is 0.609. The molecule has 0 amide bonds. The number of hydrogen-bond donors (Lipinski definition) is 4. The van der Waals surface area contributed by atoms with Crippen LogP contribution >= 0.6 is 0 Å². The van der Waals surface area contributed by atoms with E-state index in [0.29, 0.717) is 24.2 Å². The Morgan fingerprint density at radius 1 is 1.23 bits per heavy atom. The van der Waals surface area contributed by atoms with E-state index < -0.39 is 0 Å². The number of nitrogens with one attached hydrogen (secondary N) is 4. The molecule has 3 fully saturated rings. The third kappa shape index (κ3) is 4.31. The van der Waals surface area contributed by atoms with Crippen molar-refractivity contribution in [3.63, 3.8) is 0 Å². The first kappa shape index (κ1) is 20.4. The van der Waals surface area contributed by atoms with Crippen molar-refractivity contribution in [3.8, 4) is 6.07 Å². The molecule has 8 heteroatoms. The predicted molar refractivity (Wildman–Crippen MR) is 122 cm³/mol. The quantitative estimate of drug-likeness (QED) is 0.566. The van der Waals surface area contributed by atoms with Crippen LogP contribution in [-0.2, 0) is 0 Å². The zero-order chi connectivity index (χ0) is 21.4. The number of pyridine rings is 2. The lowest BCUT2D eigenvalue weighted by Crippen LogP contribution is -2.48. The molecule has 3 aliphatic rings. The normalized spacial score (nSPS) is 31.5. The molecule has 0 aliphatic carbocycles. The molecule has 3 saturated heterocycles. The molecule has 3 aliphatic heterocycles. The average molecular weight is 421 g/mol. The van der Waals surface area contributed by atoms with Gasteiger partial charge in [-0.2, -0.15) is 5.26 Å². The van der Waals surface area contributed by atoms with Crippen molar-refractivity contribution < 1.29 is 0 Å². The van der Waals surface area contributed by atoms with Crippen LogP contribution in [0.25, 0.3) is 10.9 Å². The van der Waals surface area contributed by atoms with Gasteiger partial charge in [-0.3, -0.25) is 15.3 Å². The lowest BCUT2D eigenvalue weighted by atomic mass is 9.96. The molecule has 2 aromatic heterocycles. The number of nitrogens with zero attached hydrogens (tertiary/aromatic N) is 4. The maximum Gasteiger partial charge on any atom is 0.138 e. The number of anilines is 2. The summed E-state index contributed by atoms with van der Waals surface area (Å²) in [5, 5.41) is 17.6. The van der Waals surface area contributed by atoms with Crippen molar-refractivity contribution in [2.24, 2.45) is 5.92 Å². The van der Waals surface area contributed by atoms with Gasteiger partial charge in [0.1, 0.15) is 11.6 Å². The summed E-state index contributed by atoms with van der Waals surface area (Å²) >= 11 is 0. The second kappa shape index (κ2) is 8.58. The Morgan fingerprint density at radius 3 is 2.74 bits per heavy atom. The minimum absolute atomic E-state index is 0.0912. The Hall–Kier alpha value is -2.47. The molecule has 5 rings (SSSR count). The van der Waals surface area contributed by atoms with Crippen molar-refractivity contribution >= 4 is 22.5 Å². The van der Waals surface area contributed by atoms with E-state index in [0.717, 1.165) is 48.3 Å².